The van der Waals surface area contributed by atoms with E-state index in [0.717, 1.165) is 6.07 Å². The number of nitrogens with one attached hydrogen (secondary N) is 2. The smallest absolute Gasteiger partial charge is 0.322 e. The summed E-state index contributed by atoms with van der Waals surface area (Å²) in [6.07, 6.45) is 0. The highest BCUT2D eigenvalue weighted by atomic mass is 79.9. The van der Waals surface area contributed by atoms with Crippen LogP contribution in [0.2, 0.25) is 5.02 Å². The van der Waals surface area contributed by atoms with Crippen molar-refractivity contribution in [3.63, 3.8) is 0 Å². The Labute approximate surface area is 199 Å². The van der Waals surface area contributed by atoms with Crippen molar-refractivity contribution in [3.8, 4) is 5.75 Å². The average Bonchev–Trinajstić information content (AvgIpc) is 2.68. The maximum absolute atomic E-state index is 14.8. The molecule has 0 aliphatic carbocycles. The molecule has 0 fully saturated rings. The van der Waals surface area contributed by atoms with Crippen LogP contribution in [0.5, 0.6) is 5.75 Å². The van der Waals surface area contributed by atoms with Crippen LogP contribution >= 0.6 is 43.5 Å². The number of hydrogen-bond acceptors (Lipinski definition) is 5. The van der Waals surface area contributed by atoms with Gasteiger partial charge in [-0.1, -0.05) is 11.6 Å². The van der Waals surface area contributed by atoms with Crippen LogP contribution in [-0.2, 0) is 21.4 Å². The van der Waals surface area contributed by atoms with Crippen molar-refractivity contribution in [2.24, 2.45) is 0 Å². The van der Waals surface area contributed by atoms with E-state index in [1.54, 1.807) is 0 Å². The molecule has 31 heavy (non-hydrogen) atoms. The lowest BCUT2D eigenvalue weighted by Gasteiger charge is -2.15. The first-order valence-electron chi connectivity index (χ1n) is 8.53. The first-order valence-corrected chi connectivity index (χ1v) is 12.2. The minimum absolute atomic E-state index is 0.00313. The van der Waals surface area contributed by atoms with Gasteiger partial charge >= 0.3 is 5.97 Å². The molecule has 0 aliphatic heterocycles. The molecule has 2 aromatic rings. The summed E-state index contributed by atoms with van der Waals surface area (Å²) < 4.78 is 46.7. The molecule has 0 aromatic heterocycles. The third-order valence-electron chi connectivity index (χ3n) is 3.79. The number of carbonyl (C=O) groups is 2. The van der Waals surface area contributed by atoms with Crippen LogP contribution in [0.3, 0.4) is 0 Å². The number of halogens is 4. The molecule has 8 nitrogen and oxygen atoms in total. The van der Waals surface area contributed by atoms with Gasteiger partial charge in [0.25, 0.3) is 5.91 Å². The molecule has 0 aliphatic rings. The van der Waals surface area contributed by atoms with Crippen LogP contribution in [0, 0.1) is 5.82 Å². The number of aliphatic carboxylic acids is 1. The third kappa shape index (κ3) is 7.06. The van der Waals surface area contributed by atoms with Crippen LogP contribution in [0.4, 0.5) is 10.1 Å². The van der Waals surface area contributed by atoms with Crippen molar-refractivity contribution >= 4 is 71.0 Å². The first kappa shape index (κ1) is 25.4. The SMILES string of the molecule is CCS(=O)(=O)Nc1cc(Cl)cc(COc2c(Br)cc(C(=O)NCC(=O)O)cc2Br)c1F. The molecule has 0 saturated heterocycles. The van der Waals surface area contributed by atoms with Gasteiger partial charge in [-0.3, -0.25) is 14.3 Å². The van der Waals surface area contributed by atoms with Gasteiger partial charge in [-0.25, -0.2) is 12.8 Å². The number of carbonyl (C=O) groups excluding carboxylic acids is 1. The van der Waals surface area contributed by atoms with Gasteiger partial charge in [0, 0.05) is 16.1 Å². The highest BCUT2D eigenvalue weighted by Gasteiger charge is 2.18. The molecule has 13 heteroatoms. The van der Waals surface area contributed by atoms with E-state index in [9.17, 15) is 22.4 Å². The lowest BCUT2D eigenvalue weighted by Crippen LogP contribution is -2.29. The van der Waals surface area contributed by atoms with Gasteiger partial charge in [-0.2, -0.15) is 0 Å². The zero-order valence-corrected chi connectivity index (χ0v) is 20.6. The molecule has 0 radical (unpaired) electrons. The number of ether oxygens (including phenoxy) is 1. The van der Waals surface area contributed by atoms with Crippen molar-refractivity contribution in [1.29, 1.82) is 0 Å². The lowest BCUT2D eigenvalue weighted by atomic mass is 10.2. The standard InChI is InChI=1S/C18H16Br2ClFN2O6S/c1-2-31(28,29)24-14-6-11(21)3-10(16(14)22)8-30-17-12(19)4-9(5-13(17)20)18(27)23-7-15(25)26/h3-6,24H,2,7-8H2,1H3,(H,23,27)(H,25,26). The summed E-state index contributed by atoms with van der Waals surface area (Å²) in [4.78, 5) is 22.6. The Balaban J connectivity index is 2.24. The largest absolute Gasteiger partial charge is 0.486 e. The summed E-state index contributed by atoms with van der Waals surface area (Å²) >= 11 is 12.5. The second-order valence-corrected chi connectivity index (χ2v) is 10.2. The van der Waals surface area contributed by atoms with E-state index in [1.165, 1.54) is 25.1 Å². The predicted octanol–water partition coefficient (Wildman–Crippen LogP) is 4.16. The fourth-order valence-electron chi connectivity index (χ4n) is 2.30. The molecule has 0 unspecified atom stereocenters. The monoisotopic (exact) mass is 600 g/mol. The number of sulfonamides is 1. The fourth-order valence-corrected chi connectivity index (χ4v) is 4.59. The highest BCUT2D eigenvalue weighted by Crippen LogP contribution is 2.36. The lowest BCUT2D eigenvalue weighted by molar-refractivity contribution is -0.135. The van der Waals surface area contributed by atoms with Gasteiger partial charge < -0.3 is 15.2 Å². The summed E-state index contributed by atoms with van der Waals surface area (Å²) in [5, 5.41) is 11.0. The number of rotatable bonds is 9. The molecule has 0 heterocycles. The van der Waals surface area contributed by atoms with Gasteiger partial charge in [0.05, 0.1) is 20.4 Å². The molecule has 168 valence electrons. The fraction of sp³-hybridized carbons (Fsp3) is 0.222. The normalized spacial score (nSPS) is 11.1. The Morgan fingerprint density at radius 3 is 2.35 bits per heavy atom. The Kier molecular flexibility index (Phi) is 8.69. The van der Waals surface area contributed by atoms with Crippen LogP contribution in [0.1, 0.15) is 22.8 Å². The molecule has 0 saturated carbocycles. The second-order valence-electron chi connectivity index (χ2n) is 6.07. The molecule has 1 amide bonds. The van der Waals surface area contributed by atoms with E-state index >= 15 is 0 Å². The molecule has 0 atom stereocenters. The molecule has 2 aromatic carbocycles. The number of amides is 1. The zero-order valence-electron chi connectivity index (χ0n) is 15.8. The predicted molar refractivity (Wildman–Crippen MR) is 121 cm³/mol. The first-order chi connectivity index (χ1) is 14.4. The molecule has 0 bridgehead atoms. The molecule has 2 rings (SSSR count). The van der Waals surface area contributed by atoms with Crippen LogP contribution < -0.4 is 14.8 Å². The summed E-state index contributed by atoms with van der Waals surface area (Å²) in [5.41, 5.74) is -0.127. The number of carboxylic acids is 1. The van der Waals surface area contributed by atoms with Crippen molar-refractivity contribution in [3.05, 3.63) is 55.2 Å². The number of hydrogen-bond donors (Lipinski definition) is 3. The minimum atomic E-state index is -3.71. The van der Waals surface area contributed by atoms with Gasteiger partial charge in [-0.05, 0) is 63.0 Å². The summed E-state index contributed by atoms with van der Waals surface area (Å²) in [6, 6.07) is 5.28. The zero-order chi connectivity index (χ0) is 23.3. The van der Waals surface area contributed by atoms with Crippen molar-refractivity contribution in [1.82, 2.24) is 5.32 Å². The van der Waals surface area contributed by atoms with Crippen molar-refractivity contribution in [2.75, 3.05) is 17.0 Å². The van der Waals surface area contributed by atoms with E-state index in [1.807, 2.05) is 0 Å². The Morgan fingerprint density at radius 1 is 1.19 bits per heavy atom. The summed E-state index contributed by atoms with van der Waals surface area (Å²) in [6.45, 7) is 0.578. The Morgan fingerprint density at radius 2 is 1.81 bits per heavy atom. The molecule has 0 spiro atoms. The Bertz CT molecular complexity index is 1110. The molecular weight excluding hydrogens is 587 g/mol. The third-order valence-corrected chi connectivity index (χ3v) is 6.48. The van der Waals surface area contributed by atoms with Crippen LogP contribution in [0.15, 0.2) is 33.2 Å². The van der Waals surface area contributed by atoms with Crippen molar-refractivity contribution in [2.45, 2.75) is 13.5 Å². The van der Waals surface area contributed by atoms with Crippen LogP contribution in [0.25, 0.3) is 0 Å². The second kappa shape index (κ2) is 10.6. The average molecular weight is 603 g/mol. The number of benzene rings is 2. The van der Waals surface area contributed by atoms with E-state index in [0.29, 0.717) is 8.95 Å². The number of carboxylic acid groups (broad SMARTS) is 1. The maximum atomic E-state index is 14.8. The highest BCUT2D eigenvalue weighted by molar-refractivity contribution is 9.11. The van der Waals surface area contributed by atoms with E-state index in [4.69, 9.17) is 21.4 Å². The van der Waals surface area contributed by atoms with Gasteiger partial charge in [0.1, 0.15) is 18.9 Å². The van der Waals surface area contributed by atoms with Crippen molar-refractivity contribution < 1.29 is 32.2 Å². The summed E-state index contributed by atoms with van der Waals surface area (Å²) in [5.74, 6) is -2.63. The van der Waals surface area contributed by atoms with Gasteiger partial charge in [0.15, 0.2) is 5.82 Å². The molecule has 3 N–H and O–H groups in total. The maximum Gasteiger partial charge on any atom is 0.322 e. The van der Waals surface area contributed by atoms with E-state index < -0.39 is 34.3 Å². The summed E-state index contributed by atoms with van der Waals surface area (Å²) in [7, 11) is -3.71. The minimum Gasteiger partial charge on any atom is -0.486 e. The number of anilines is 1. The quantitative estimate of drug-likeness (QED) is 0.397. The Hall–Kier alpha value is -1.89. The molecular formula is C18H16Br2ClFN2O6S. The topological polar surface area (TPSA) is 122 Å². The van der Waals surface area contributed by atoms with E-state index in [2.05, 4.69) is 41.9 Å². The van der Waals surface area contributed by atoms with Gasteiger partial charge in [0.2, 0.25) is 10.0 Å². The van der Waals surface area contributed by atoms with E-state index in [-0.39, 0.29) is 39.9 Å². The van der Waals surface area contributed by atoms with Gasteiger partial charge in [-0.15, -0.1) is 0 Å². The van der Waals surface area contributed by atoms with Crippen LogP contribution in [-0.4, -0.2) is 37.7 Å².